The summed E-state index contributed by atoms with van der Waals surface area (Å²) in [6.45, 7) is 6.52. The van der Waals surface area contributed by atoms with Crippen molar-refractivity contribution in [3.63, 3.8) is 0 Å². The summed E-state index contributed by atoms with van der Waals surface area (Å²) < 4.78 is 16.9. The molecule has 0 saturated carbocycles. The van der Waals surface area contributed by atoms with Crippen molar-refractivity contribution >= 4 is 17.9 Å². The second-order valence-electron chi connectivity index (χ2n) is 24.1. The van der Waals surface area contributed by atoms with Gasteiger partial charge in [0.25, 0.3) is 0 Å². The molecule has 0 aromatic rings. The molecule has 0 amide bonds. The Kier molecular flexibility index (Phi) is 68.2. The lowest BCUT2D eigenvalue weighted by molar-refractivity contribution is -0.167. The van der Waals surface area contributed by atoms with Crippen LogP contribution in [0.2, 0.25) is 0 Å². The molecule has 0 rings (SSSR count). The maximum atomic E-state index is 12.9. The van der Waals surface area contributed by atoms with E-state index in [4.69, 9.17) is 14.2 Å². The first kappa shape index (κ1) is 79.6. The SMILES string of the molecule is CC/C=C\C/C=C\C/C=C\C/C=C\C/C=C\C/C=C\CCCCC(=O)OC(COC(=O)CCCCCCC/C=C\CCCCCC)COC(=O)CCCCCCCCCCCCCCCCCCCCCCCCCCCCCCCCC. The van der Waals surface area contributed by atoms with Gasteiger partial charge in [-0.25, -0.2) is 0 Å². The molecule has 0 aliphatic carbocycles. The summed E-state index contributed by atoms with van der Waals surface area (Å²) in [6, 6.07) is 0. The predicted octanol–water partition coefficient (Wildman–Crippen LogP) is 25.0. The first-order valence-corrected chi connectivity index (χ1v) is 36.1. The summed E-state index contributed by atoms with van der Waals surface area (Å²) in [5.41, 5.74) is 0. The third-order valence-corrected chi connectivity index (χ3v) is 15.9. The molecule has 0 bridgehead atoms. The highest BCUT2D eigenvalue weighted by Gasteiger charge is 2.19. The minimum atomic E-state index is -0.804. The molecular weight excluding hydrogens is 1020 g/mol. The van der Waals surface area contributed by atoms with Gasteiger partial charge in [0, 0.05) is 19.3 Å². The largest absolute Gasteiger partial charge is 0.462 e. The molecule has 0 fully saturated rings. The number of carbonyl (C=O) groups is 3. The van der Waals surface area contributed by atoms with E-state index in [1.807, 2.05) is 0 Å². The van der Waals surface area contributed by atoms with Gasteiger partial charge in [0.15, 0.2) is 6.10 Å². The molecule has 0 radical (unpaired) electrons. The van der Waals surface area contributed by atoms with Crippen LogP contribution in [-0.4, -0.2) is 37.2 Å². The average Bonchev–Trinajstić information content (AvgIpc) is 3.49. The Bertz CT molecular complexity index is 1570. The van der Waals surface area contributed by atoms with Gasteiger partial charge >= 0.3 is 17.9 Å². The van der Waals surface area contributed by atoms with Crippen LogP contribution in [0.15, 0.2) is 85.1 Å². The minimum Gasteiger partial charge on any atom is -0.462 e. The summed E-state index contributed by atoms with van der Waals surface area (Å²) in [5, 5.41) is 0. The van der Waals surface area contributed by atoms with Crippen LogP contribution in [0.1, 0.15) is 367 Å². The maximum absolute atomic E-state index is 12.9. The predicted molar refractivity (Wildman–Crippen MR) is 362 cm³/mol. The summed E-state index contributed by atoms with van der Waals surface area (Å²) in [7, 11) is 0. The van der Waals surface area contributed by atoms with Gasteiger partial charge < -0.3 is 14.2 Å². The fraction of sp³-hybridized carbons (Fsp3) is 0.779. The maximum Gasteiger partial charge on any atom is 0.306 e. The Morgan fingerprint density at radius 2 is 0.470 bits per heavy atom. The molecule has 0 heterocycles. The van der Waals surface area contributed by atoms with Crippen molar-refractivity contribution in [3.8, 4) is 0 Å². The zero-order valence-corrected chi connectivity index (χ0v) is 55.2. The Labute approximate surface area is 515 Å². The molecule has 6 heteroatoms. The van der Waals surface area contributed by atoms with E-state index in [0.29, 0.717) is 19.3 Å². The number of rotatable bonds is 66. The molecule has 0 aromatic carbocycles. The molecule has 0 aliphatic rings. The fourth-order valence-electron chi connectivity index (χ4n) is 10.5. The van der Waals surface area contributed by atoms with Gasteiger partial charge in [0.1, 0.15) is 13.2 Å². The smallest absolute Gasteiger partial charge is 0.306 e. The Hall–Kier alpha value is -3.41. The van der Waals surface area contributed by atoms with Crippen LogP contribution in [0.25, 0.3) is 0 Å². The van der Waals surface area contributed by atoms with E-state index < -0.39 is 6.10 Å². The van der Waals surface area contributed by atoms with Crippen molar-refractivity contribution in [2.45, 2.75) is 374 Å². The van der Waals surface area contributed by atoms with Crippen LogP contribution >= 0.6 is 0 Å². The number of unbranched alkanes of at least 4 members (excludes halogenated alkanes) is 41. The summed E-state index contributed by atoms with van der Waals surface area (Å²) in [4.78, 5) is 38.4. The van der Waals surface area contributed by atoms with E-state index in [0.717, 1.165) is 96.3 Å². The van der Waals surface area contributed by atoms with Crippen LogP contribution < -0.4 is 0 Å². The van der Waals surface area contributed by atoms with Gasteiger partial charge in [0.05, 0.1) is 0 Å². The molecule has 1 unspecified atom stereocenters. The minimum absolute atomic E-state index is 0.0941. The first-order chi connectivity index (χ1) is 41.0. The molecule has 0 spiro atoms. The second kappa shape index (κ2) is 71.1. The quantitative estimate of drug-likeness (QED) is 0.0261. The molecular formula is C77H136O6. The highest BCUT2D eigenvalue weighted by molar-refractivity contribution is 5.71. The number of carbonyl (C=O) groups excluding carboxylic acids is 3. The Morgan fingerprint density at radius 3 is 0.783 bits per heavy atom. The van der Waals surface area contributed by atoms with Gasteiger partial charge in [0.2, 0.25) is 0 Å². The van der Waals surface area contributed by atoms with E-state index in [-0.39, 0.29) is 37.5 Å². The van der Waals surface area contributed by atoms with Crippen molar-refractivity contribution in [2.24, 2.45) is 0 Å². The second-order valence-corrected chi connectivity index (χ2v) is 24.1. The van der Waals surface area contributed by atoms with Crippen molar-refractivity contribution in [3.05, 3.63) is 85.1 Å². The van der Waals surface area contributed by atoms with Crippen molar-refractivity contribution in [1.29, 1.82) is 0 Å². The molecule has 6 nitrogen and oxygen atoms in total. The van der Waals surface area contributed by atoms with Crippen molar-refractivity contribution < 1.29 is 28.6 Å². The van der Waals surface area contributed by atoms with Crippen LogP contribution in [0.4, 0.5) is 0 Å². The number of hydrogen-bond donors (Lipinski definition) is 0. The van der Waals surface area contributed by atoms with Crippen molar-refractivity contribution in [1.82, 2.24) is 0 Å². The third kappa shape index (κ3) is 69.3. The van der Waals surface area contributed by atoms with Gasteiger partial charge in [-0.2, -0.15) is 0 Å². The highest BCUT2D eigenvalue weighted by atomic mass is 16.6. The van der Waals surface area contributed by atoms with Crippen molar-refractivity contribution in [2.75, 3.05) is 13.2 Å². The molecule has 0 N–H and O–H groups in total. The molecule has 480 valence electrons. The van der Waals surface area contributed by atoms with Crippen LogP contribution in [-0.2, 0) is 28.6 Å². The zero-order chi connectivity index (χ0) is 59.9. The summed E-state index contributed by atoms with van der Waals surface area (Å²) >= 11 is 0. The lowest BCUT2D eigenvalue weighted by Gasteiger charge is -2.18. The number of hydrogen-bond acceptors (Lipinski definition) is 6. The van der Waals surface area contributed by atoms with Crippen LogP contribution in [0, 0.1) is 0 Å². The number of esters is 3. The van der Waals surface area contributed by atoms with E-state index in [1.54, 1.807) is 0 Å². The first-order valence-electron chi connectivity index (χ1n) is 36.1. The monoisotopic (exact) mass is 1160 g/mol. The van der Waals surface area contributed by atoms with E-state index in [1.165, 1.54) is 225 Å². The fourth-order valence-corrected chi connectivity index (χ4v) is 10.5. The summed E-state index contributed by atoms with van der Waals surface area (Å²) in [6.07, 6.45) is 94.9. The molecule has 0 aliphatic heterocycles. The lowest BCUT2D eigenvalue weighted by atomic mass is 10.0. The number of ether oxygens (including phenoxy) is 3. The molecule has 0 aromatic heterocycles. The van der Waals surface area contributed by atoms with Crippen LogP contribution in [0.3, 0.4) is 0 Å². The van der Waals surface area contributed by atoms with E-state index in [9.17, 15) is 14.4 Å². The normalized spacial score (nSPS) is 12.6. The van der Waals surface area contributed by atoms with Gasteiger partial charge in [-0.1, -0.05) is 337 Å². The van der Waals surface area contributed by atoms with Gasteiger partial charge in [-0.3, -0.25) is 14.4 Å². The lowest BCUT2D eigenvalue weighted by Crippen LogP contribution is -2.30. The molecule has 83 heavy (non-hydrogen) atoms. The topological polar surface area (TPSA) is 78.9 Å². The molecule has 1 atom stereocenters. The number of allylic oxidation sites excluding steroid dienone is 14. The Morgan fingerprint density at radius 1 is 0.253 bits per heavy atom. The highest BCUT2D eigenvalue weighted by Crippen LogP contribution is 2.18. The van der Waals surface area contributed by atoms with Crippen LogP contribution in [0.5, 0.6) is 0 Å². The Balaban J connectivity index is 4.24. The standard InChI is InChI=1S/C77H136O6/c1-4-7-10-13-16-19-22-25-27-29-31-33-34-35-36-37-38-39-40-41-42-44-45-47-49-52-55-58-61-64-67-70-76(79)82-73-74(72-81-75(78)69-66-63-60-57-54-51-24-21-18-15-12-9-6-3)83-77(80)71-68-65-62-59-56-53-50-48-46-43-32-30-28-26-23-20-17-14-11-8-5-2/h8,11,17,20-21,24,26,28,32,43,48,50,56,59,74H,4-7,9-10,12-16,18-19,22-23,25,27,29-31,33-42,44-47,49,51-55,57-58,60-73H2,1-3H3/b11-8-,20-17-,24-21-,28-26-,43-32-,50-48-,59-56-. The van der Waals surface area contributed by atoms with Gasteiger partial charge in [-0.05, 0) is 96.3 Å². The summed E-state index contributed by atoms with van der Waals surface area (Å²) in [5.74, 6) is -0.931. The van der Waals surface area contributed by atoms with Gasteiger partial charge in [-0.15, -0.1) is 0 Å². The van der Waals surface area contributed by atoms with E-state index >= 15 is 0 Å². The average molecular weight is 1160 g/mol. The third-order valence-electron chi connectivity index (χ3n) is 15.9. The van der Waals surface area contributed by atoms with E-state index in [2.05, 4.69) is 106 Å². The zero-order valence-electron chi connectivity index (χ0n) is 55.2. The molecule has 0 saturated heterocycles.